The van der Waals surface area contributed by atoms with Crippen LogP contribution in [0, 0.1) is 18.3 Å². The van der Waals surface area contributed by atoms with Gasteiger partial charge in [-0.25, -0.2) is 0 Å². The number of anilines is 2. The average molecular weight is 533 g/mol. The summed E-state index contributed by atoms with van der Waals surface area (Å²) in [5.74, 6) is -1.36. The average Bonchev–Trinajstić information content (AvgIpc) is 3.40. The Balaban J connectivity index is 1.64. The number of Topliss-reactive ketones (excluding diaryl/α,β-unsaturated/α-hetero) is 2. The third kappa shape index (κ3) is 3.71. The van der Waals surface area contributed by atoms with Gasteiger partial charge in [0.25, 0.3) is 0 Å². The lowest BCUT2D eigenvalue weighted by atomic mass is 9.63. The van der Waals surface area contributed by atoms with Crippen LogP contribution in [0.25, 0.3) is 6.08 Å². The minimum atomic E-state index is -1.26. The Morgan fingerprint density at radius 3 is 2.42 bits per heavy atom. The Bertz CT molecular complexity index is 1560. The second-order valence-electron chi connectivity index (χ2n) is 12.5. The maximum absolute atomic E-state index is 14.8. The second-order valence-corrected chi connectivity index (χ2v) is 12.5. The minimum absolute atomic E-state index is 0.0469. The molecule has 4 atom stereocenters. The van der Waals surface area contributed by atoms with Crippen LogP contribution in [-0.2, 0) is 21.4 Å². The number of hydrogen-bond donors (Lipinski definition) is 1. The molecule has 0 aromatic heterocycles. The summed E-state index contributed by atoms with van der Waals surface area (Å²) in [6.07, 6.45) is 6.02. The molecule has 1 N–H and O–H groups in total. The minimum Gasteiger partial charge on any atom is -0.352 e. The molecule has 3 aromatic carbocycles. The third-order valence-corrected chi connectivity index (χ3v) is 8.86. The van der Waals surface area contributed by atoms with E-state index in [1.807, 2.05) is 101 Å². The maximum Gasteiger partial charge on any atom is 0.238 e. The first-order valence-electron chi connectivity index (χ1n) is 14.2. The highest BCUT2D eigenvalue weighted by molar-refractivity contribution is 6.17. The van der Waals surface area contributed by atoms with Crippen LogP contribution in [0.5, 0.6) is 0 Å². The molecule has 5 nitrogen and oxygen atoms in total. The van der Waals surface area contributed by atoms with Crippen molar-refractivity contribution in [3.8, 4) is 0 Å². The number of nitrogens with zero attached hydrogens (tertiary/aromatic N) is 1. The number of carbonyl (C=O) groups excluding carboxylic acids is 3. The van der Waals surface area contributed by atoms with E-state index >= 15 is 0 Å². The molecule has 1 fully saturated rings. The lowest BCUT2D eigenvalue weighted by Crippen LogP contribution is -2.51. The molecule has 3 aliphatic rings. The lowest BCUT2D eigenvalue weighted by molar-refractivity contribution is -0.128. The van der Waals surface area contributed by atoms with Crippen molar-refractivity contribution in [2.45, 2.75) is 65.0 Å². The zero-order chi connectivity index (χ0) is 28.4. The van der Waals surface area contributed by atoms with E-state index in [0.717, 1.165) is 40.8 Å². The molecule has 3 heterocycles. The fourth-order valence-electron chi connectivity index (χ4n) is 7.05. The van der Waals surface area contributed by atoms with Gasteiger partial charge in [0.2, 0.25) is 5.91 Å². The first kappa shape index (κ1) is 26.2. The molecule has 3 aromatic rings. The molecule has 3 aliphatic heterocycles. The Labute approximate surface area is 236 Å². The number of aryl methyl sites for hydroxylation is 2. The molecule has 1 spiro atoms. The van der Waals surface area contributed by atoms with Crippen molar-refractivity contribution >= 4 is 34.9 Å². The molecule has 1 saturated heterocycles. The molecular weight excluding hydrogens is 496 g/mol. The van der Waals surface area contributed by atoms with Crippen LogP contribution < -0.4 is 10.2 Å². The SMILES string of the molecule is CCCc1ccc(C(=O)C2C(C(=O)C(C)(C)C)N3c4ccc(C)cc4C=CC3C23C(=O)Nc2ccccc23)cc1. The number of carbonyl (C=O) groups is 3. The van der Waals surface area contributed by atoms with Gasteiger partial charge in [0.05, 0.1) is 12.0 Å². The first-order chi connectivity index (χ1) is 19.1. The quantitative estimate of drug-likeness (QED) is 0.379. The van der Waals surface area contributed by atoms with Gasteiger partial charge in [-0.05, 0) is 48.2 Å². The number of amides is 1. The molecule has 204 valence electrons. The molecule has 0 radical (unpaired) electrons. The van der Waals surface area contributed by atoms with E-state index in [-0.39, 0.29) is 17.5 Å². The van der Waals surface area contributed by atoms with Gasteiger partial charge in [0.15, 0.2) is 11.6 Å². The van der Waals surface area contributed by atoms with Crippen molar-refractivity contribution in [3.05, 3.63) is 101 Å². The normalized spacial score (nSPS) is 24.5. The van der Waals surface area contributed by atoms with Crippen molar-refractivity contribution in [1.29, 1.82) is 0 Å². The van der Waals surface area contributed by atoms with Crippen LogP contribution in [0.2, 0.25) is 0 Å². The summed E-state index contributed by atoms with van der Waals surface area (Å²) in [7, 11) is 0. The summed E-state index contributed by atoms with van der Waals surface area (Å²) in [4.78, 5) is 45.7. The smallest absolute Gasteiger partial charge is 0.238 e. The molecule has 4 unspecified atom stereocenters. The van der Waals surface area contributed by atoms with Gasteiger partial charge in [-0.15, -0.1) is 0 Å². The number of fused-ring (bicyclic) bond motifs is 6. The topological polar surface area (TPSA) is 66.5 Å². The fourth-order valence-corrected chi connectivity index (χ4v) is 7.05. The molecular formula is C35H36N2O3. The highest BCUT2D eigenvalue weighted by Gasteiger charge is 2.70. The number of hydrogen-bond acceptors (Lipinski definition) is 4. The summed E-state index contributed by atoms with van der Waals surface area (Å²) in [6, 6.07) is 20.2. The van der Waals surface area contributed by atoms with Crippen molar-refractivity contribution in [2.75, 3.05) is 10.2 Å². The maximum atomic E-state index is 14.8. The van der Waals surface area contributed by atoms with Crippen LogP contribution in [0.4, 0.5) is 11.4 Å². The molecule has 5 heteroatoms. The Morgan fingerprint density at radius 2 is 1.73 bits per heavy atom. The van der Waals surface area contributed by atoms with Gasteiger partial charge in [-0.2, -0.15) is 0 Å². The molecule has 0 saturated carbocycles. The van der Waals surface area contributed by atoms with Crippen LogP contribution in [-0.4, -0.2) is 29.6 Å². The predicted octanol–water partition coefficient (Wildman–Crippen LogP) is 6.54. The van der Waals surface area contributed by atoms with Gasteiger partial charge in [-0.3, -0.25) is 14.4 Å². The predicted molar refractivity (Wildman–Crippen MR) is 160 cm³/mol. The second kappa shape index (κ2) is 9.29. The number of benzene rings is 3. The van der Waals surface area contributed by atoms with Gasteiger partial charge in [0.1, 0.15) is 11.5 Å². The zero-order valence-corrected chi connectivity index (χ0v) is 23.8. The highest BCUT2D eigenvalue weighted by Crippen LogP contribution is 2.58. The standard InChI is InChI=1S/C35H36N2O3/c1-6-9-22-13-15-23(16-14-22)31(38)29-30(32(39)34(3,4)5)37-27-18-12-21(2)20-24(27)17-19-28(37)35(29)25-10-7-8-11-26(25)36-33(35)40/h7-8,10-20,28-30H,6,9H2,1-5H3,(H,36,40). The summed E-state index contributed by atoms with van der Waals surface area (Å²) >= 11 is 0. The van der Waals surface area contributed by atoms with E-state index in [2.05, 4.69) is 23.2 Å². The van der Waals surface area contributed by atoms with Gasteiger partial charge in [0, 0.05) is 22.4 Å². The van der Waals surface area contributed by atoms with E-state index in [1.165, 1.54) is 0 Å². The van der Waals surface area contributed by atoms with E-state index in [4.69, 9.17) is 0 Å². The van der Waals surface area contributed by atoms with E-state index < -0.39 is 28.8 Å². The van der Waals surface area contributed by atoms with Crippen LogP contribution in [0.3, 0.4) is 0 Å². The largest absolute Gasteiger partial charge is 0.352 e. The van der Waals surface area contributed by atoms with Crippen LogP contribution in [0.1, 0.15) is 66.7 Å². The monoisotopic (exact) mass is 532 g/mol. The van der Waals surface area contributed by atoms with Crippen LogP contribution >= 0.6 is 0 Å². The number of para-hydroxylation sites is 1. The van der Waals surface area contributed by atoms with Crippen molar-refractivity contribution in [3.63, 3.8) is 0 Å². The molecule has 0 aliphatic carbocycles. The molecule has 6 rings (SSSR count). The van der Waals surface area contributed by atoms with Crippen molar-refractivity contribution in [2.24, 2.45) is 11.3 Å². The lowest BCUT2D eigenvalue weighted by Gasteiger charge is -2.38. The fraction of sp³-hybridized carbons (Fsp3) is 0.343. The highest BCUT2D eigenvalue weighted by atomic mass is 16.2. The third-order valence-electron chi connectivity index (χ3n) is 8.86. The summed E-state index contributed by atoms with van der Waals surface area (Å²) in [6.45, 7) is 9.86. The molecule has 1 amide bonds. The van der Waals surface area contributed by atoms with Gasteiger partial charge >= 0.3 is 0 Å². The summed E-state index contributed by atoms with van der Waals surface area (Å²) in [5, 5.41) is 3.09. The molecule has 0 bridgehead atoms. The van der Waals surface area contributed by atoms with Crippen molar-refractivity contribution in [1.82, 2.24) is 0 Å². The van der Waals surface area contributed by atoms with E-state index in [0.29, 0.717) is 11.3 Å². The van der Waals surface area contributed by atoms with E-state index in [9.17, 15) is 14.4 Å². The first-order valence-corrected chi connectivity index (χ1v) is 14.2. The summed E-state index contributed by atoms with van der Waals surface area (Å²) < 4.78 is 0. The Morgan fingerprint density at radius 1 is 1.00 bits per heavy atom. The number of rotatable bonds is 5. The van der Waals surface area contributed by atoms with E-state index in [1.54, 1.807) is 0 Å². The summed E-state index contributed by atoms with van der Waals surface area (Å²) in [5.41, 5.74) is 4.16. The number of ketones is 2. The van der Waals surface area contributed by atoms with Gasteiger partial charge in [-0.1, -0.05) is 100 Å². The van der Waals surface area contributed by atoms with Crippen molar-refractivity contribution < 1.29 is 14.4 Å². The Hall–Kier alpha value is -3.99. The van der Waals surface area contributed by atoms with Gasteiger partial charge < -0.3 is 10.2 Å². The molecule has 40 heavy (non-hydrogen) atoms. The zero-order valence-electron chi connectivity index (χ0n) is 23.8. The Kier molecular flexibility index (Phi) is 6.10. The number of nitrogens with one attached hydrogen (secondary N) is 1. The van der Waals surface area contributed by atoms with Crippen LogP contribution in [0.15, 0.2) is 72.8 Å².